The molecule has 0 radical (unpaired) electrons. The number of nitrogens with zero attached hydrogens (tertiary/aromatic N) is 2. The monoisotopic (exact) mass is 458 g/mol. The average Bonchev–Trinajstić information content (AvgIpc) is 3.04. The largest absolute Gasteiger partial charge is 0.479 e. The first-order valence-corrected chi connectivity index (χ1v) is 9.66. The van der Waals surface area contributed by atoms with Crippen LogP contribution in [-0.2, 0) is 15.7 Å². The average molecular weight is 459 g/mol. The predicted molar refractivity (Wildman–Crippen MR) is 106 cm³/mol. The Labute approximate surface area is 179 Å². The number of oxazole rings is 1. The standard InChI is InChI=1S/C20H18ClF3N2O5/c1-3-4-5-15(18(27)29-2)30-12-6-7-14-16(9-12)31-19(28)26(14)17-13(21)8-11(10-25-17)20(22,23)24/h6-10,15H,3-5H2,1-2H3. The molecule has 0 bridgehead atoms. The number of aromatic nitrogens is 2. The molecule has 2 heterocycles. The van der Waals surface area contributed by atoms with Gasteiger partial charge in [0.05, 0.1) is 23.2 Å². The minimum absolute atomic E-state index is 0.0828. The molecule has 3 rings (SSSR count). The number of esters is 1. The zero-order chi connectivity index (χ0) is 22.8. The Hall–Kier alpha value is -3.01. The minimum atomic E-state index is -4.63. The smallest absolute Gasteiger partial charge is 0.425 e. The third-order valence-corrected chi connectivity index (χ3v) is 4.75. The highest BCUT2D eigenvalue weighted by Crippen LogP contribution is 2.33. The summed E-state index contributed by atoms with van der Waals surface area (Å²) in [5, 5.41) is -0.370. The van der Waals surface area contributed by atoms with Gasteiger partial charge in [0.1, 0.15) is 5.75 Å². The zero-order valence-electron chi connectivity index (χ0n) is 16.5. The number of benzene rings is 1. The van der Waals surface area contributed by atoms with Gasteiger partial charge in [-0.2, -0.15) is 13.2 Å². The lowest BCUT2D eigenvalue weighted by Crippen LogP contribution is -2.28. The van der Waals surface area contributed by atoms with E-state index in [0.29, 0.717) is 18.7 Å². The summed E-state index contributed by atoms with van der Waals surface area (Å²) in [4.78, 5) is 28.0. The van der Waals surface area contributed by atoms with E-state index in [-0.39, 0.29) is 27.7 Å². The van der Waals surface area contributed by atoms with Gasteiger partial charge in [0.25, 0.3) is 0 Å². The van der Waals surface area contributed by atoms with Gasteiger partial charge in [0, 0.05) is 12.3 Å². The summed E-state index contributed by atoms with van der Waals surface area (Å²) >= 11 is 5.96. The van der Waals surface area contributed by atoms with Crippen molar-refractivity contribution in [3.63, 3.8) is 0 Å². The molecular weight excluding hydrogens is 441 g/mol. The Kier molecular flexibility index (Phi) is 6.59. The van der Waals surface area contributed by atoms with Crippen molar-refractivity contribution in [3.8, 4) is 11.6 Å². The Morgan fingerprint density at radius 3 is 2.68 bits per heavy atom. The first-order chi connectivity index (χ1) is 14.7. The maximum atomic E-state index is 12.9. The number of pyridine rings is 1. The molecule has 2 aromatic heterocycles. The third kappa shape index (κ3) is 4.84. The molecule has 0 saturated carbocycles. The van der Waals surface area contributed by atoms with Crippen molar-refractivity contribution in [1.82, 2.24) is 9.55 Å². The highest BCUT2D eigenvalue weighted by molar-refractivity contribution is 6.32. The van der Waals surface area contributed by atoms with Gasteiger partial charge in [0.15, 0.2) is 17.5 Å². The number of methoxy groups -OCH3 is 1. The molecule has 7 nitrogen and oxygen atoms in total. The van der Waals surface area contributed by atoms with E-state index in [1.807, 2.05) is 6.92 Å². The number of halogens is 4. The van der Waals surface area contributed by atoms with Crippen molar-refractivity contribution in [3.05, 3.63) is 51.6 Å². The number of fused-ring (bicyclic) bond motifs is 1. The summed E-state index contributed by atoms with van der Waals surface area (Å²) in [6.45, 7) is 1.97. The lowest BCUT2D eigenvalue weighted by molar-refractivity contribution is -0.149. The molecule has 11 heteroatoms. The fourth-order valence-electron chi connectivity index (χ4n) is 2.93. The van der Waals surface area contributed by atoms with Gasteiger partial charge in [0.2, 0.25) is 0 Å². The molecule has 0 aliphatic rings. The maximum Gasteiger partial charge on any atom is 0.425 e. The van der Waals surface area contributed by atoms with E-state index in [1.165, 1.54) is 25.3 Å². The normalized spacial score (nSPS) is 12.7. The van der Waals surface area contributed by atoms with Crippen LogP contribution in [0.25, 0.3) is 16.9 Å². The van der Waals surface area contributed by atoms with Gasteiger partial charge < -0.3 is 13.9 Å². The highest BCUT2D eigenvalue weighted by Gasteiger charge is 2.32. The zero-order valence-corrected chi connectivity index (χ0v) is 17.3. The van der Waals surface area contributed by atoms with Gasteiger partial charge in [-0.25, -0.2) is 19.1 Å². The second-order valence-corrected chi connectivity index (χ2v) is 7.04. The van der Waals surface area contributed by atoms with Gasteiger partial charge in [-0.1, -0.05) is 24.9 Å². The molecule has 1 atom stereocenters. The van der Waals surface area contributed by atoms with Crippen molar-refractivity contribution in [2.45, 2.75) is 38.5 Å². The molecule has 3 aromatic rings. The van der Waals surface area contributed by atoms with Crippen molar-refractivity contribution >= 4 is 28.7 Å². The SMILES string of the molecule is CCCCC(Oc1ccc2c(c1)oc(=O)n2-c1ncc(C(F)(F)F)cc1Cl)C(=O)OC. The Bertz CT molecular complexity index is 1160. The Morgan fingerprint density at radius 1 is 1.32 bits per heavy atom. The fraction of sp³-hybridized carbons (Fsp3) is 0.350. The van der Waals surface area contributed by atoms with Crippen molar-refractivity contribution in [2.24, 2.45) is 0 Å². The van der Waals surface area contributed by atoms with E-state index in [1.54, 1.807) is 0 Å². The quantitative estimate of drug-likeness (QED) is 0.475. The van der Waals surface area contributed by atoms with E-state index >= 15 is 0 Å². The van der Waals surface area contributed by atoms with Crippen LogP contribution >= 0.6 is 11.6 Å². The van der Waals surface area contributed by atoms with Crippen LogP contribution in [0.5, 0.6) is 5.75 Å². The minimum Gasteiger partial charge on any atom is -0.479 e. The second-order valence-electron chi connectivity index (χ2n) is 6.63. The Balaban J connectivity index is 1.98. The summed E-state index contributed by atoms with van der Waals surface area (Å²) in [5.41, 5.74) is -0.743. The van der Waals surface area contributed by atoms with E-state index in [2.05, 4.69) is 4.98 Å². The van der Waals surface area contributed by atoms with Crippen LogP contribution in [0, 0.1) is 0 Å². The Morgan fingerprint density at radius 2 is 2.06 bits per heavy atom. The summed E-state index contributed by atoms with van der Waals surface area (Å²) < 4.78 is 55.1. The third-order valence-electron chi connectivity index (χ3n) is 4.48. The number of hydrogen-bond acceptors (Lipinski definition) is 6. The van der Waals surface area contributed by atoms with Gasteiger partial charge >= 0.3 is 17.9 Å². The number of ether oxygens (including phenoxy) is 2. The second kappa shape index (κ2) is 9.01. The van der Waals surface area contributed by atoms with Crippen molar-refractivity contribution in [2.75, 3.05) is 7.11 Å². The maximum absolute atomic E-state index is 12.9. The van der Waals surface area contributed by atoms with Gasteiger partial charge in [-0.05, 0) is 31.0 Å². The number of carbonyl (C=O) groups is 1. The van der Waals surface area contributed by atoms with Gasteiger partial charge in [-0.15, -0.1) is 0 Å². The van der Waals surface area contributed by atoms with Crippen LogP contribution in [-0.4, -0.2) is 28.7 Å². The van der Waals surface area contributed by atoms with Crippen LogP contribution in [0.15, 0.2) is 39.7 Å². The van der Waals surface area contributed by atoms with Crippen LogP contribution < -0.4 is 10.5 Å². The molecule has 1 unspecified atom stereocenters. The molecule has 1 aromatic carbocycles. The molecule has 0 aliphatic carbocycles. The lowest BCUT2D eigenvalue weighted by Gasteiger charge is -2.16. The number of alkyl halides is 3. The molecule has 0 amide bonds. The molecule has 0 aliphatic heterocycles. The van der Waals surface area contributed by atoms with Crippen molar-refractivity contribution < 1.29 is 31.9 Å². The molecular formula is C20H18ClF3N2O5. The van der Waals surface area contributed by atoms with Crippen LogP contribution in [0.3, 0.4) is 0 Å². The van der Waals surface area contributed by atoms with E-state index in [0.717, 1.165) is 17.4 Å². The van der Waals surface area contributed by atoms with E-state index in [9.17, 15) is 22.8 Å². The molecule has 0 saturated heterocycles. The topological polar surface area (TPSA) is 83.6 Å². The number of carbonyl (C=O) groups excluding carboxylic acids is 1. The van der Waals surface area contributed by atoms with E-state index < -0.39 is 29.6 Å². The highest BCUT2D eigenvalue weighted by atomic mass is 35.5. The molecule has 0 spiro atoms. The first-order valence-electron chi connectivity index (χ1n) is 9.29. The summed E-state index contributed by atoms with van der Waals surface area (Å²) in [7, 11) is 1.26. The summed E-state index contributed by atoms with van der Waals surface area (Å²) in [6, 6.07) is 5.03. The fourth-order valence-corrected chi connectivity index (χ4v) is 3.18. The van der Waals surface area contributed by atoms with Crippen LogP contribution in [0.4, 0.5) is 13.2 Å². The number of hydrogen-bond donors (Lipinski definition) is 0. The van der Waals surface area contributed by atoms with E-state index in [4.69, 9.17) is 25.5 Å². The lowest BCUT2D eigenvalue weighted by atomic mass is 10.1. The molecule has 0 N–H and O–H groups in total. The summed E-state index contributed by atoms with van der Waals surface area (Å²) in [5.74, 6) is -1.38. The predicted octanol–water partition coefficient (Wildman–Crippen LogP) is 4.76. The summed E-state index contributed by atoms with van der Waals surface area (Å²) in [6.07, 6.45) is -2.84. The van der Waals surface area contributed by atoms with Gasteiger partial charge in [-0.3, -0.25) is 0 Å². The number of unbranched alkanes of at least 4 members (excludes halogenated alkanes) is 1. The van der Waals surface area contributed by atoms with Crippen molar-refractivity contribution in [1.29, 1.82) is 0 Å². The first kappa shape index (κ1) is 22.7. The number of rotatable bonds is 7. The molecule has 166 valence electrons. The van der Waals surface area contributed by atoms with Crippen LogP contribution in [0.2, 0.25) is 5.02 Å². The van der Waals surface area contributed by atoms with Crippen LogP contribution in [0.1, 0.15) is 31.7 Å². The molecule has 31 heavy (non-hydrogen) atoms. The molecule has 0 fully saturated rings.